The average Bonchev–Trinajstić information content (AvgIpc) is 2.68. The van der Waals surface area contributed by atoms with Gasteiger partial charge in [-0.1, -0.05) is 6.07 Å². The number of carbonyl (C=O) groups excluding carboxylic acids is 1. The van der Waals surface area contributed by atoms with Gasteiger partial charge >= 0.3 is 0 Å². The first-order chi connectivity index (χ1) is 7.65. The Labute approximate surface area is 100 Å². The summed E-state index contributed by atoms with van der Waals surface area (Å²) in [5, 5.41) is 2.01. The van der Waals surface area contributed by atoms with Crippen LogP contribution in [0.3, 0.4) is 0 Å². The molecule has 1 aliphatic heterocycles. The number of nitrogens with zero attached hydrogens (tertiary/aromatic N) is 1. The van der Waals surface area contributed by atoms with Crippen molar-refractivity contribution >= 4 is 17.2 Å². The molecule has 2 rings (SSSR count). The first-order valence-electron chi connectivity index (χ1n) is 5.61. The maximum Gasteiger partial charge on any atom is 0.228 e. The molecule has 16 heavy (non-hydrogen) atoms. The summed E-state index contributed by atoms with van der Waals surface area (Å²) in [5.41, 5.74) is 0. The van der Waals surface area contributed by atoms with Crippen molar-refractivity contribution < 1.29 is 9.53 Å². The lowest BCUT2D eigenvalue weighted by molar-refractivity contribution is -0.142. The van der Waals surface area contributed by atoms with E-state index in [1.807, 2.05) is 36.3 Å². The molecule has 0 radical (unpaired) electrons. The minimum absolute atomic E-state index is 0.149. The topological polar surface area (TPSA) is 29.5 Å². The number of hydrogen-bond donors (Lipinski definition) is 0. The van der Waals surface area contributed by atoms with Crippen molar-refractivity contribution in [3.63, 3.8) is 0 Å². The fourth-order valence-corrected chi connectivity index (χ4v) is 2.75. The van der Waals surface area contributed by atoms with E-state index in [2.05, 4.69) is 0 Å². The normalized spacial score (nSPS) is 25.8. The van der Waals surface area contributed by atoms with Crippen LogP contribution in [-0.4, -0.2) is 36.1 Å². The Morgan fingerprint density at radius 1 is 1.50 bits per heavy atom. The minimum atomic E-state index is 0.149. The summed E-state index contributed by atoms with van der Waals surface area (Å²) in [5.74, 6) is 0.212. The Kier molecular flexibility index (Phi) is 3.61. The Morgan fingerprint density at radius 3 is 2.75 bits per heavy atom. The number of rotatable bonds is 2. The molecule has 0 aromatic carbocycles. The molecule has 2 heterocycles. The van der Waals surface area contributed by atoms with Gasteiger partial charge < -0.3 is 9.64 Å². The summed E-state index contributed by atoms with van der Waals surface area (Å²) in [7, 11) is 0. The van der Waals surface area contributed by atoms with Gasteiger partial charge in [0.05, 0.1) is 18.6 Å². The van der Waals surface area contributed by atoms with Crippen LogP contribution in [0.2, 0.25) is 0 Å². The Morgan fingerprint density at radius 2 is 2.19 bits per heavy atom. The third-order valence-corrected chi connectivity index (χ3v) is 3.55. The molecule has 0 spiro atoms. The van der Waals surface area contributed by atoms with E-state index >= 15 is 0 Å². The molecule has 4 heteroatoms. The lowest BCUT2D eigenvalue weighted by Crippen LogP contribution is -2.48. The predicted octanol–water partition coefficient (Wildman–Crippen LogP) is 1.93. The Hall–Kier alpha value is -0.870. The predicted molar refractivity (Wildman–Crippen MR) is 64.6 cm³/mol. The van der Waals surface area contributed by atoms with Gasteiger partial charge in [0, 0.05) is 18.0 Å². The van der Waals surface area contributed by atoms with Gasteiger partial charge in [0.15, 0.2) is 0 Å². The number of morpholine rings is 1. The lowest BCUT2D eigenvalue weighted by Gasteiger charge is -2.35. The highest BCUT2D eigenvalue weighted by molar-refractivity contribution is 7.10. The molecule has 1 fully saturated rings. The molecule has 0 saturated carbocycles. The van der Waals surface area contributed by atoms with Crippen molar-refractivity contribution in [2.45, 2.75) is 32.5 Å². The van der Waals surface area contributed by atoms with Crippen molar-refractivity contribution in [2.75, 3.05) is 13.1 Å². The molecule has 0 aliphatic carbocycles. The third kappa shape index (κ3) is 2.83. The first-order valence-corrected chi connectivity index (χ1v) is 6.48. The molecular formula is C12H17NO2S. The standard InChI is InChI=1S/C12H17NO2S/c1-9-7-13(8-10(2)15-9)12(14)6-11-4-3-5-16-11/h3-5,9-10H,6-8H2,1-2H3. The van der Waals surface area contributed by atoms with Crippen molar-refractivity contribution in [1.82, 2.24) is 4.90 Å². The van der Waals surface area contributed by atoms with E-state index in [0.717, 1.165) is 4.88 Å². The van der Waals surface area contributed by atoms with Gasteiger partial charge in [-0.15, -0.1) is 11.3 Å². The van der Waals surface area contributed by atoms with E-state index in [-0.39, 0.29) is 18.1 Å². The zero-order valence-electron chi connectivity index (χ0n) is 9.68. The summed E-state index contributed by atoms with van der Waals surface area (Å²) in [6, 6.07) is 3.99. The van der Waals surface area contributed by atoms with Crippen LogP contribution in [-0.2, 0) is 16.0 Å². The monoisotopic (exact) mass is 239 g/mol. The highest BCUT2D eigenvalue weighted by Gasteiger charge is 2.25. The maximum atomic E-state index is 12.0. The molecule has 0 N–H and O–H groups in total. The van der Waals surface area contributed by atoms with E-state index in [1.165, 1.54) is 0 Å². The summed E-state index contributed by atoms with van der Waals surface area (Å²) in [6.07, 6.45) is 0.823. The second-order valence-corrected chi connectivity index (χ2v) is 5.34. The third-order valence-electron chi connectivity index (χ3n) is 2.68. The van der Waals surface area contributed by atoms with Crippen LogP contribution >= 0.6 is 11.3 Å². The molecule has 1 aromatic rings. The molecule has 1 saturated heterocycles. The van der Waals surface area contributed by atoms with Crippen molar-refractivity contribution in [1.29, 1.82) is 0 Å². The number of thiophene rings is 1. The zero-order chi connectivity index (χ0) is 11.5. The van der Waals surface area contributed by atoms with Crippen molar-refractivity contribution in [2.24, 2.45) is 0 Å². The van der Waals surface area contributed by atoms with Crippen LogP contribution in [0.1, 0.15) is 18.7 Å². The molecule has 3 nitrogen and oxygen atoms in total. The van der Waals surface area contributed by atoms with Crippen LogP contribution in [0, 0.1) is 0 Å². The zero-order valence-corrected chi connectivity index (χ0v) is 10.5. The number of carbonyl (C=O) groups is 1. The van der Waals surface area contributed by atoms with E-state index < -0.39 is 0 Å². The smallest absolute Gasteiger partial charge is 0.228 e. The molecule has 2 unspecified atom stereocenters. The lowest BCUT2D eigenvalue weighted by atomic mass is 10.2. The fourth-order valence-electron chi connectivity index (χ4n) is 2.06. The highest BCUT2D eigenvalue weighted by Crippen LogP contribution is 2.15. The number of ether oxygens (including phenoxy) is 1. The quantitative estimate of drug-likeness (QED) is 0.789. The SMILES string of the molecule is CC1CN(C(=O)Cc2cccs2)CC(C)O1. The van der Waals surface area contributed by atoms with E-state index in [9.17, 15) is 4.79 Å². The largest absolute Gasteiger partial charge is 0.372 e. The van der Waals surface area contributed by atoms with Gasteiger partial charge in [-0.2, -0.15) is 0 Å². The van der Waals surface area contributed by atoms with E-state index in [0.29, 0.717) is 19.5 Å². The molecule has 2 atom stereocenters. The molecule has 0 bridgehead atoms. The summed E-state index contributed by atoms with van der Waals surface area (Å²) in [6.45, 7) is 5.46. The van der Waals surface area contributed by atoms with Crippen molar-refractivity contribution in [3.05, 3.63) is 22.4 Å². The number of hydrogen-bond acceptors (Lipinski definition) is 3. The summed E-state index contributed by atoms with van der Waals surface area (Å²) < 4.78 is 5.61. The van der Waals surface area contributed by atoms with E-state index in [4.69, 9.17) is 4.74 Å². The van der Waals surface area contributed by atoms with Crippen LogP contribution in [0.4, 0.5) is 0 Å². The van der Waals surface area contributed by atoms with Crippen molar-refractivity contribution in [3.8, 4) is 0 Å². The Balaban J connectivity index is 1.94. The second kappa shape index (κ2) is 4.97. The molecular weight excluding hydrogens is 222 g/mol. The van der Waals surface area contributed by atoms with Gasteiger partial charge in [-0.3, -0.25) is 4.79 Å². The maximum absolute atomic E-state index is 12.0. The van der Waals surface area contributed by atoms with Gasteiger partial charge in [0.2, 0.25) is 5.91 Å². The Bertz CT molecular complexity index is 340. The minimum Gasteiger partial charge on any atom is -0.372 e. The van der Waals surface area contributed by atoms with E-state index in [1.54, 1.807) is 11.3 Å². The summed E-state index contributed by atoms with van der Waals surface area (Å²) >= 11 is 1.64. The average molecular weight is 239 g/mol. The van der Waals surface area contributed by atoms with Crippen LogP contribution in [0.15, 0.2) is 17.5 Å². The van der Waals surface area contributed by atoms with Crippen LogP contribution < -0.4 is 0 Å². The summed E-state index contributed by atoms with van der Waals surface area (Å²) in [4.78, 5) is 15.1. The van der Waals surface area contributed by atoms with Crippen LogP contribution in [0.5, 0.6) is 0 Å². The molecule has 1 amide bonds. The van der Waals surface area contributed by atoms with Crippen LogP contribution in [0.25, 0.3) is 0 Å². The fraction of sp³-hybridized carbons (Fsp3) is 0.583. The second-order valence-electron chi connectivity index (χ2n) is 4.31. The molecule has 1 aromatic heterocycles. The first kappa shape index (κ1) is 11.6. The van der Waals surface area contributed by atoms with Gasteiger partial charge in [-0.25, -0.2) is 0 Å². The number of amides is 1. The molecule has 1 aliphatic rings. The van der Waals surface area contributed by atoms with Gasteiger partial charge in [-0.05, 0) is 25.3 Å². The molecule has 88 valence electrons. The highest BCUT2D eigenvalue weighted by atomic mass is 32.1. The van der Waals surface area contributed by atoms with Gasteiger partial charge in [0.25, 0.3) is 0 Å². The van der Waals surface area contributed by atoms with Gasteiger partial charge in [0.1, 0.15) is 0 Å².